The molecule has 24 heavy (non-hydrogen) atoms. The second-order valence-electron chi connectivity index (χ2n) is 5.75. The van der Waals surface area contributed by atoms with Gasteiger partial charge in [-0.05, 0) is 24.9 Å². The summed E-state index contributed by atoms with van der Waals surface area (Å²) in [6.07, 6.45) is 4.69. The van der Waals surface area contributed by atoms with Gasteiger partial charge in [-0.15, -0.1) is 0 Å². The summed E-state index contributed by atoms with van der Waals surface area (Å²) in [5.74, 6) is 1.21. The Labute approximate surface area is 151 Å². The van der Waals surface area contributed by atoms with E-state index in [-0.39, 0.29) is 5.91 Å². The van der Waals surface area contributed by atoms with E-state index in [0.717, 1.165) is 31.7 Å². The molecule has 0 bridgehead atoms. The van der Waals surface area contributed by atoms with E-state index in [1.165, 1.54) is 0 Å². The van der Waals surface area contributed by atoms with Gasteiger partial charge in [-0.2, -0.15) is 11.8 Å². The molecular weight excluding hydrogens is 328 g/mol. The van der Waals surface area contributed by atoms with Crippen molar-refractivity contribution in [2.75, 3.05) is 64.7 Å². The van der Waals surface area contributed by atoms with Crippen LogP contribution in [0.1, 0.15) is 33.1 Å². The van der Waals surface area contributed by atoms with Crippen molar-refractivity contribution in [2.24, 2.45) is 0 Å². The molecule has 0 aliphatic rings. The molecule has 0 saturated heterocycles. The molecule has 0 saturated carbocycles. The molecule has 0 radical (unpaired) electrons. The molecule has 0 aromatic heterocycles. The average Bonchev–Trinajstić information content (AvgIpc) is 2.55. The van der Waals surface area contributed by atoms with E-state index >= 15 is 0 Å². The summed E-state index contributed by atoms with van der Waals surface area (Å²) in [7, 11) is 0. The first-order chi connectivity index (χ1) is 11.7. The molecule has 6 nitrogen and oxygen atoms in total. The zero-order valence-corrected chi connectivity index (χ0v) is 16.4. The van der Waals surface area contributed by atoms with Gasteiger partial charge in [-0.25, -0.2) is 0 Å². The van der Waals surface area contributed by atoms with Gasteiger partial charge in [-0.3, -0.25) is 4.79 Å². The number of nitrogens with one attached hydrogen (secondary N) is 2. The Morgan fingerprint density at radius 1 is 0.917 bits per heavy atom. The Morgan fingerprint density at radius 2 is 1.54 bits per heavy atom. The number of rotatable bonds is 18. The topological polar surface area (TPSA) is 68.8 Å². The Balaban J connectivity index is 3.12. The number of hydrogen-bond donors (Lipinski definition) is 2. The average molecular weight is 365 g/mol. The summed E-state index contributed by atoms with van der Waals surface area (Å²) in [6.45, 7) is 9.19. The van der Waals surface area contributed by atoms with E-state index in [9.17, 15) is 4.79 Å². The second-order valence-corrected chi connectivity index (χ2v) is 6.73. The first-order valence-corrected chi connectivity index (χ1v) is 10.3. The lowest BCUT2D eigenvalue weighted by molar-refractivity contribution is -0.122. The molecule has 0 aliphatic heterocycles. The molecule has 0 aliphatic carbocycles. The minimum atomic E-state index is 0.0588. The van der Waals surface area contributed by atoms with E-state index < -0.39 is 0 Å². The number of thioether (sulfide) groups is 1. The molecule has 0 heterocycles. The van der Waals surface area contributed by atoms with Crippen LogP contribution >= 0.6 is 11.8 Å². The summed E-state index contributed by atoms with van der Waals surface area (Å²) in [6, 6.07) is 0.490. The summed E-state index contributed by atoms with van der Waals surface area (Å²) >= 11 is 1.84. The van der Waals surface area contributed by atoms with Crippen molar-refractivity contribution in [3.63, 3.8) is 0 Å². The van der Waals surface area contributed by atoms with Gasteiger partial charge in [0.1, 0.15) is 0 Å². The number of carbonyl (C=O) groups is 1. The van der Waals surface area contributed by atoms with Gasteiger partial charge in [0.25, 0.3) is 0 Å². The van der Waals surface area contributed by atoms with Crippen molar-refractivity contribution in [3.8, 4) is 0 Å². The van der Waals surface area contributed by atoms with Crippen LogP contribution in [0.3, 0.4) is 0 Å². The van der Waals surface area contributed by atoms with Crippen molar-refractivity contribution in [3.05, 3.63) is 0 Å². The fraction of sp³-hybridized carbons (Fsp3) is 0.941. The van der Waals surface area contributed by atoms with Crippen LogP contribution in [0.15, 0.2) is 0 Å². The minimum Gasteiger partial charge on any atom is -0.379 e. The first-order valence-electron chi connectivity index (χ1n) is 8.89. The lowest BCUT2D eigenvalue weighted by Gasteiger charge is -2.09. The van der Waals surface area contributed by atoms with Crippen LogP contribution in [0.5, 0.6) is 0 Å². The van der Waals surface area contributed by atoms with Gasteiger partial charge in [0.15, 0.2) is 0 Å². The summed E-state index contributed by atoms with van der Waals surface area (Å²) in [4.78, 5) is 11.5. The SMILES string of the molecule is CSCCCCNC(=O)CCOCCOCCOCCNC(C)C. The van der Waals surface area contributed by atoms with Crippen molar-refractivity contribution in [1.29, 1.82) is 0 Å². The summed E-state index contributed by atoms with van der Waals surface area (Å²) in [5.41, 5.74) is 0. The zero-order chi connectivity index (χ0) is 17.9. The molecule has 0 aromatic carbocycles. The highest BCUT2D eigenvalue weighted by molar-refractivity contribution is 7.98. The second kappa shape index (κ2) is 19.0. The van der Waals surface area contributed by atoms with E-state index in [2.05, 4.69) is 30.7 Å². The predicted octanol–water partition coefficient (Wildman–Crippen LogP) is 1.68. The maximum atomic E-state index is 11.5. The standard InChI is InChI=1S/C17H36N2O4S/c1-16(2)18-8-10-22-12-14-23-13-11-21-9-6-17(20)19-7-4-5-15-24-3/h16,18H,4-15H2,1-3H3,(H,19,20). The van der Waals surface area contributed by atoms with Crippen molar-refractivity contribution in [2.45, 2.75) is 39.2 Å². The van der Waals surface area contributed by atoms with Gasteiger partial charge in [0, 0.05) is 25.6 Å². The summed E-state index contributed by atoms with van der Waals surface area (Å²) in [5, 5.41) is 6.18. The minimum absolute atomic E-state index is 0.0588. The third-order valence-electron chi connectivity index (χ3n) is 3.11. The Morgan fingerprint density at radius 3 is 2.17 bits per heavy atom. The Hall–Kier alpha value is -0.340. The van der Waals surface area contributed by atoms with Crippen LogP contribution in [0.25, 0.3) is 0 Å². The molecule has 0 atom stereocenters. The quantitative estimate of drug-likeness (QED) is 0.361. The zero-order valence-electron chi connectivity index (χ0n) is 15.6. The van der Waals surface area contributed by atoms with Crippen LogP contribution in [0, 0.1) is 0 Å². The fourth-order valence-corrected chi connectivity index (χ4v) is 2.31. The van der Waals surface area contributed by atoms with Crippen LogP contribution in [0.2, 0.25) is 0 Å². The highest BCUT2D eigenvalue weighted by atomic mass is 32.2. The van der Waals surface area contributed by atoms with E-state index in [4.69, 9.17) is 14.2 Å². The third kappa shape index (κ3) is 19.7. The molecule has 144 valence electrons. The molecule has 0 rings (SSSR count). The molecule has 1 amide bonds. The lowest BCUT2D eigenvalue weighted by Crippen LogP contribution is -2.27. The molecule has 0 aromatic rings. The van der Waals surface area contributed by atoms with E-state index in [0.29, 0.717) is 52.1 Å². The van der Waals surface area contributed by atoms with Crippen LogP contribution in [0.4, 0.5) is 0 Å². The number of hydrogen-bond acceptors (Lipinski definition) is 6. The Kier molecular flexibility index (Phi) is 18.7. The monoisotopic (exact) mass is 364 g/mol. The number of unbranched alkanes of at least 4 members (excludes halogenated alkanes) is 1. The smallest absolute Gasteiger partial charge is 0.222 e. The first kappa shape index (κ1) is 23.7. The van der Waals surface area contributed by atoms with Gasteiger partial charge in [-0.1, -0.05) is 13.8 Å². The third-order valence-corrected chi connectivity index (χ3v) is 3.81. The molecule has 0 unspecified atom stereocenters. The molecule has 0 spiro atoms. The van der Waals surface area contributed by atoms with Crippen LogP contribution in [-0.4, -0.2) is 76.7 Å². The predicted molar refractivity (Wildman–Crippen MR) is 101 cm³/mol. The largest absolute Gasteiger partial charge is 0.379 e. The van der Waals surface area contributed by atoms with Gasteiger partial charge in [0.2, 0.25) is 5.91 Å². The normalized spacial score (nSPS) is 11.2. The van der Waals surface area contributed by atoms with E-state index in [1.54, 1.807) is 0 Å². The maximum absolute atomic E-state index is 11.5. The molecule has 2 N–H and O–H groups in total. The molecular formula is C17H36N2O4S. The van der Waals surface area contributed by atoms with Gasteiger partial charge >= 0.3 is 0 Å². The highest BCUT2D eigenvalue weighted by Gasteiger charge is 2.00. The van der Waals surface area contributed by atoms with Crippen molar-refractivity contribution in [1.82, 2.24) is 10.6 Å². The highest BCUT2D eigenvalue weighted by Crippen LogP contribution is 1.97. The molecule has 0 fully saturated rings. The van der Waals surface area contributed by atoms with Crippen molar-refractivity contribution >= 4 is 17.7 Å². The molecule has 7 heteroatoms. The van der Waals surface area contributed by atoms with Crippen LogP contribution < -0.4 is 10.6 Å². The number of ether oxygens (including phenoxy) is 3. The number of carbonyl (C=O) groups excluding carboxylic acids is 1. The van der Waals surface area contributed by atoms with Crippen LogP contribution in [-0.2, 0) is 19.0 Å². The number of amides is 1. The van der Waals surface area contributed by atoms with Crippen molar-refractivity contribution < 1.29 is 19.0 Å². The Bertz CT molecular complexity index is 281. The fourth-order valence-electron chi connectivity index (χ4n) is 1.81. The van der Waals surface area contributed by atoms with E-state index in [1.807, 2.05) is 11.8 Å². The maximum Gasteiger partial charge on any atom is 0.222 e. The summed E-state index contributed by atoms with van der Waals surface area (Å²) < 4.78 is 16.2. The lowest BCUT2D eigenvalue weighted by atomic mass is 10.3. The van der Waals surface area contributed by atoms with Gasteiger partial charge in [0.05, 0.1) is 39.6 Å². The van der Waals surface area contributed by atoms with Gasteiger partial charge < -0.3 is 24.8 Å².